The van der Waals surface area contributed by atoms with E-state index in [9.17, 15) is 18.0 Å². The number of rotatable bonds is 8. The van der Waals surface area contributed by atoms with Crippen molar-refractivity contribution in [3.63, 3.8) is 0 Å². The molecule has 0 aliphatic carbocycles. The summed E-state index contributed by atoms with van der Waals surface area (Å²) in [5.74, 6) is -1.09. The Balaban J connectivity index is 1.71. The number of amides is 2. The van der Waals surface area contributed by atoms with E-state index >= 15 is 0 Å². The number of aromatic nitrogens is 2. The van der Waals surface area contributed by atoms with E-state index in [1.807, 2.05) is 0 Å². The van der Waals surface area contributed by atoms with Gasteiger partial charge in [-0.2, -0.15) is 18.4 Å². The normalized spacial score (nSPS) is 10.6. The number of para-hydroxylation sites is 2. The van der Waals surface area contributed by atoms with Crippen LogP contribution < -0.4 is 28.4 Å². The van der Waals surface area contributed by atoms with Crippen molar-refractivity contribution >= 4 is 28.3 Å². The van der Waals surface area contributed by atoms with Crippen LogP contribution in [0.5, 0.6) is 23.3 Å². The van der Waals surface area contributed by atoms with Gasteiger partial charge < -0.3 is 18.4 Å². The number of benzene rings is 2. The fraction of sp³-hybridized carbons (Fsp3) is 0.100. The molecule has 0 unspecified atom stereocenters. The van der Waals surface area contributed by atoms with Crippen LogP contribution in [0.2, 0.25) is 0 Å². The van der Waals surface area contributed by atoms with Gasteiger partial charge in [0.25, 0.3) is 0 Å². The average Bonchev–Trinajstić information content (AvgIpc) is 2.78. The largest absolute Gasteiger partial charge is 0.481 e. The molecular formula is C20H18N4O8S. The molecule has 0 bridgehead atoms. The number of methoxy groups -OCH3 is 2. The second-order valence-corrected chi connectivity index (χ2v) is 7.35. The third kappa shape index (κ3) is 6.54. The predicted octanol–water partition coefficient (Wildman–Crippen LogP) is 2.16. The van der Waals surface area contributed by atoms with Gasteiger partial charge in [0.1, 0.15) is 11.3 Å². The summed E-state index contributed by atoms with van der Waals surface area (Å²) in [7, 11) is -2.03. The number of hydrogen-bond acceptors (Lipinski definition) is 10. The van der Waals surface area contributed by atoms with Crippen LogP contribution in [0, 0.1) is 0 Å². The molecule has 0 saturated heterocycles. The molecule has 0 radical (unpaired) electrons. The van der Waals surface area contributed by atoms with E-state index in [0.29, 0.717) is 0 Å². The standard InChI is InChI=1S/C20H18N4O8S/c1-29-16-12-17(30-2)22-19(21-16)23-20(26)24-33(27,28)32-15-11-7-6-10-14(15)18(25)31-13-8-4-3-5-9-13/h3-12H,1-2H3,(H2,21,22,23,24,26). The molecule has 0 saturated carbocycles. The van der Waals surface area contributed by atoms with Gasteiger partial charge in [-0.1, -0.05) is 30.3 Å². The number of anilines is 1. The van der Waals surface area contributed by atoms with Crippen molar-refractivity contribution in [2.75, 3.05) is 19.5 Å². The van der Waals surface area contributed by atoms with Crippen molar-refractivity contribution in [3.8, 4) is 23.3 Å². The zero-order chi connectivity index (χ0) is 23.8. The van der Waals surface area contributed by atoms with Crippen molar-refractivity contribution in [2.45, 2.75) is 0 Å². The van der Waals surface area contributed by atoms with Crippen molar-refractivity contribution < 1.29 is 36.4 Å². The Bertz CT molecular complexity index is 1230. The number of nitrogens with zero attached hydrogens (tertiary/aromatic N) is 2. The number of carbonyl (C=O) groups excluding carboxylic acids is 2. The summed E-state index contributed by atoms with van der Waals surface area (Å²) >= 11 is 0. The minimum atomic E-state index is -4.70. The van der Waals surface area contributed by atoms with Crippen LogP contribution in [0.1, 0.15) is 10.4 Å². The Kier molecular flexibility index (Phi) is 7.25. The Labute approximate surface area is 188 Å². The van der Waals surface area contributed by atoms with E-state index in [-0.39, 0.29) is 34.8 Å². The summed E-state index contributed by atoms with van der Waals surface area (Å²) in [4.78, 5) is 32.3. The zero-order valence-electron chi connectivity index (χ0n) is 17.3. The summed E-state index contributed by atoms with van der Waals surface area (Å²) in [6.07, 6.45) is 0. The van der Waals surface area contributed by atoms with Crippen LogP contribution in [0.25, 0.3) is 0 Å². The molecule has 13 heteroatoms. The molecular weight excluding hydrogens is 456 g/mol. The summed E-state index contributed by atoms with van der Waals surface area (Å²) in [5, 5.41) is 2.12. The van der Waals surface area contributed by atoms with E-state index < -0.39 is 22.3 Å². The maximum Gasteiger partial charge on any atom is 0.411 e. The molecule has 2 amide bonds. The highest BCUT2D eigenvalue weighted by molar-refractivity contribution is 7.85. The van der Waals surface area contributed by atoms with Crippen LogP contribution in [-0.2, 0) is 10.3 Å². The Morgan fingerprint density at radius 3 is 2.12 bits per heavy atom. The number of esters is 1. The smallest absolute Gasteiger partial charge is 0.411 e. The van der Waals surface area contributed by atoms with Gasteiger partial charge in [-0.25, -0.2) is 14.3 Å². The van der Waals surface area contributed by atoms with Gasteiger partial charge in [-0.3, -0.25) is 5.32 Å². The van der Waals surface area contributed by atoms with E-state index in [2.05, 4.69) is 15.3 Å². The highest BCUT2D eigenvalue weighted by atomic mass is 32.2. The van der Waals surface area contributed by atoms with Gasteiger partial charge in [0.2, 0.25) is 17.7 Å². The molecule has 3 rings (SSSR count). The number of carbonyl (C=O) groups is 2. The molecule has 3 aromatic rings. The highest BCUT2D eigenvalue weighted by Gasteiger charge is 2.23. The van der Waals surface area contributed by atoms with Gasteiger partial charge in [-0.15, -0.1) is 0 Å². The lowest BCUT2D eigenvalue weighted by Crippen LogP contribution is -2.37. The van der Waals surface area contributed by atoms with E-state index in [1.54, 1.807) is 35.1 Å². The quantitative estimate of drug-likeness (QED) is 0.366. The number of ether oxygens (including phenoxy) is 3. The molecule has 0 aliphatic heterocycles. The van der Waals surface area contributed by atoms with E-state index in [1.165, 1.54) is 44.6 Å². The van der Waals surface area contributed by atoms with Crippen LogP contribution in [0.4, 0.5) is 10.7 Å². The fourth-order valence-electron chi connectivity index (χ4n) is 2.41. The molecule has 0 atom stereocenters. The first kappa shape index (κ1) is 23.3. The second kappa shape index (κ2) is 10.3. The first-order valence-corrected chi connectivity index (χ1v) is 10.6. The van der Waals surface area contributed by atoms with Gasteiger partial charge in [0, 0.05) is 0 Å². The maximum absolute atomic E-state index is 12.5. The number of hydrogen-bond donors (Lipinski definition) is 2. The number of nitrogens with one attached hydrogen (secondary N) is 2. The molecule has 1 heterocycles. The minimum Gasteiger partial charge on any atom is -0.481 e. The lowest BCUT2D eigenvalue weighted by Gasteiger charge is -2.12. The maximum atomic E-state index is 12.5. The highest BCUT2D eigenvalue weighted by Crippen LogP contribution is 2.22. The molecule has 1 aromatic heterocycles. The van der Waals surface area contributed by atoms with Crippen LogP contribution in [-0.4, -0.2) is 44.6 Å². The lowest BCUT2D eigenvalue weighted by molar-refractivity contribution is 0.0733. The molecule has 33 heavy (non-hydrogen) atoms. The fourth-order valence-corrected chi connectivity index (χ4v) is 3.11. The van der Waals surface area contributed by atoms with Crippen LogP contribution in [0.15, 0.2) is 60.7 Å². The Hall–Kier alpha value is -4.39. The van der Waals surface area contributed by atoms with Gasteiger partial charge in [0.05, 0.1) is 20.3 Å². The SMILES string of the molecule is COc1cc(OC)nc(NC(=O)NS(=O)(=O)Oc2ccccc2C(=O)Oc2ccccc2)n1. The van der Waals surface area contributed by atoms with Crippen LogP contribution in [0.3, 0.4) is 0 Å². The molecule has 172 valence electrons. The first-order chi connectivity index (χ1) is 15.8. The summed E-state index contributed by atoms with van der Waals surface area (Å²) in [6, 6.07) is 13.8. The molecule has 0 fully saturated rings. The molecule has 12 nitrogen and oxygen atoms in total. The Morgan fingerprint density at radius 1 is 0.879 bits per heavy atom. The number of urea groups is 1. The molecule has 2 N–H and O–H groups in total. The minimum absolute atomic E-state index is 0.0714. The van der Waals surface area contributed by atoms with Crippen molar-refractivity contribution in [1.29, 1.82) is 0 Å². The lowest BCUT2D eigenvalue weighted by atomic mass is 10.2. The predicted molar refractivity (Wildman–Crippen MR) is 115 cm³/mol. The van der Waals surface area contributed by atoms with Crippen molar-refractivity contribution in [3.05, 3.63) is 66.2 Å². The average molecular weight is 474 g/mol. The third-order valence-corrected chi connectivity index (χ3v) is 4.64. The van der Waals surface area contributed by atoms with Crippen LogP contribution >= 0.6 is 0 Å². The van der Waals surface area contributed by atoms with Gasteiger partial charge >= 0.3 is 22.3 Å². The van der Waals surface area contributed by atoms with Gasteiger partial charge in [-0.05, 0) is 24.3 Å². The first-order valence-electron chi connectivity index (χ1n) is 9.16. The van der Waals surface area contributed by atoms with E-state index in [4.69, 9.17) is 18.4 Å². The summed E-state index contributed by atoms with van der Waals surface area (Å²) in [5.41, 5.74) is -0.173. The topological polar surface area (TPSA) is 155 Å². The van der Waals surface area contributed by atoms with Crippen molar-refractivity contribution in [1.82, 2.24) is 14.7 Å². The van der Waals surface area contributed by atoms with Crippen molar-refractivity contribution in [2.24, 2.45) is 0 Å². The summed E-state index contributed by atoms with van der Waals surface area (Å²) in [6.45, 7) is 0. The monoisotopic (exact) mass is 474 g/mol. The molecule has 0 aliphatic rings. The Morgan fingerprint density at radius 2 is 1.48 bits per heavy atom. The summed E-state index contributed by atoms with van der Waals surface area (Å²) < 4.78 is 46.3. The second-order valence-electron chi connectivity index (χ2n) is 6.07. The van der Waals surface area contributed by atoms with Gasteiger partial charge in [0.15, 0.2) is 5.75 Å². The zero-order valence-corrected chi connectivity index (χ0v) is 18.2. The van der Waals surface area contributed by atoms with E-state index in [0.717, 1.165) is 0 Å². The third-order valence-electron chi connectivity index (χ3n) is 3.80. The molecule has 0 spiro atoms. The molecule has 2 aromatic carbocycles.